The molecule has 0 aliphatic carbocycles. The van der Waals surface area contributed by atoms with Crippen LogP contribution >= 0.6 is 0 Å². The van der Waals surface area contributed by atoms with Crippen LogP contribution in [0.3, 0.4) is 0 Å². The molecule has 0 atom stereocenters. The van der Waals surface area contributed by atoms with Crippen molar-refractivity contribution in [3.05, 3.63) is 23.8 Å². The smallest absolute Gasteiger partial charge is 0.254 e. The van der Waals surface area contributed by atoms with Crippen molar-refractivity contribution in [1.82, 2.24) is 9.80 Å². The van der Waals surface area contributed by atoms with E-state index < -0.39 is 5.54 Å². The largest absolute Gasteiger partial charge is 0.495 e. The predicted molar refractivity (Wildman–Crippen MR) is 80.2 cm³/mol. The maximum Gasteiger partial charge on any atom is 0.254 e. The van der Waals surface area contributed by atoms with Gasteiger partial charge in [0.2, 0.25) is 5.91 Å². The minimum Gasteiger partial charge on any atom is -0.495 e. The molecule has 0 spiro atoms. The summed E-state index contributed by atoms with van der Waals surface area (Å²) in [6.07, 6.45) is 0. The SMILES string of the molecule is COc1cc(C(=O)N2CCN(C)C(=O)C2(C)C)ccc1N. The fourth-order valence-corrected chi connectivity index (χ4v) is 2.57. The van der Waals surface area contributed by atoms with E-state index in [9.17, 15) is 9.59 Å². The molecule has 1 aromatic carbocycles. The number of hydrogen-bond acceptors (Lipinski definition) is 4. The predicted octanol–water partition coefficient (Wildman–Crippen LogP) is 0.970. The zero-order valence-electron chi connectivity index (χ0n) is 12.8. The van der Waals surface area contributed by atoms with Crippen molar-refractivity contribution < 1.29 is 14.3 Å². The van der Waals surface area contributed by atoms with E-state index in [0.29, 0.717) is 30.1 Å². The van der Waals surface area contributed by atoms with E-state index in [-0.39, 0.29) is 11.8 Å². The van der Waals surface area contributed by atoms with Gasteiger partial charge in [-0.15, -0.1) is 0 Å². The highest BCUT2D eigenvalue weighted by Gasteiger charge is 2.43. The molecule has 1 heterocycles. The van der Waals surface area contributed by atoms with Gasteiger partial charge < -0.3 is 20.3 Å². The standard InChI is InChI=1S/C15H21N3O3/c1-15(2)14(20)17(3)7-8-18(15)13(19)10-5-6-11(16)12(9-10)21-4/h5-6,9H,7-8,16H2,1-4H3. The summed E-state index contributed by atoms with van der Waals surface area (Å²) in [7, 11) is 3.25. The normalized spacial score (nSPS) is 17.8. The van der Waals surface area contributed by atoms with Crippen LogP contribution in [-0.2, 0) is 4.79 Å². The lowest BCUT2D eigenvalue weighted by atomic mass is 9.96. The molecule has 6 nitrogen and oxygen atoms in total. The van der Waals surface area contributed by atoms with Crippen LogP contribution in [0, 0.1) is 0 Å². The molecule has 0 bridgehead atoms. The minimum atomic E-state index is -0.862. The van der Waals surface area contributed by atoms with Gasteiger partial charge in [-0.25, -0.2) is 0 Å². The van der Waals surface area contributed by atoms with Crippen LogP contribution in [0.1, 0.15) is 24.2 Å². The van der Waals surface area contributed by atoms with E-state index in [2.05, 4.69) is 0 Å². The Bertz CT molecular complexity index is 584. The average Bonchev–Trinajstić information content (AvgIpc) is 2.45. The van der Waals surface area contributed by atoms with Crippen molar-refractivity contribution in [2.45, 2.75) is 19.4 Å². The summed E-state index contributed by atoms with van der Waals surface area (Å²) in [5.41, 5.74) is 5.84. The van der Waals surface area contributed by atoms with Crippen molar-refractivity contribution in [1.29, 1.82) is 0 Å². The number of rotatable bonds is 2. The van der Waals surface area contributed by atoms with Gasteiger partial charge in [0.25, 0.3) is 5.91 Å². The maximum absolute atomic E-state index is 12.7. The van der Waals surface area contributed by atoms with Gasteiger partial charge in [0.05, 0.1) is 12.8 Å². The molecule has 0 radical (unpaired) electrons. The van der Waals surface area contributed by atoms with Crippen molar-refractivity contribution in [2.24, 2.45) is 0 Å². The summed E-state index contributed by atoms with van der Waals surface area (Å²) < 4.78 is 5.14. The number of piperazine rings is 1. The third-order valence-corrected chi connectivity index (χ3v) is 3.93. The molecule has 0 saturated carbocycles. The molecule has 0 unspecified atom stereocenters. The molecule has 2 N–H and O–H groups in total. The van der Waals surface area contributed by atoms with Gasteiger partial charge in [0, 0.05) is 25.7 Å². The molecule has 2 rings (SSSR count). The van der Waals surface area contributed by atoms with E-state index in [1.165, 1.54) is 7.11 Å². The van der Waals surface area contributed by atoms with E-state index in [1.54, 1.807) is 48.9 Å². The Morgan fingerprint density at radius 2 is 2.00 bits per heavy atom. The lowest BCUT2D eigenvalue weighted by molar-refractivity contribution is -0.144. The van der Waals surface area contributed by atoms with Crippen LogP contribution in [-0.4, -0.2) is 54.4 Å². The molecular formula is C15H21N3O3. The number of hydrogen-bond donors (Lipinski definition) is 1. The quantitative estimate of drug-likeness (QED) is 0.824. The molecule has 21 heavy (non-hydrogen) atoms. The van der Waals surface area contributed by atoms with Gasteiger partial charge in [-0.05, 0) is 32.0 Å². The second-order valence-corrected chi connectivity index (χ2v) is 5.70. The maximum atomic E-state index is 12.7. The molecule has 2 amide bonds. The number of amides is 2. The van der Waals surface area contributed by atoms with E-state index in [1.807, 2.05) is 0 Å². The number of carbonyl (C=O) groups is 2. The van der Waals surface area contributed by atoms with Crippen LogP contribution in [0.4, 0.5) is 5.69 Å². The second kappa shape index (κ2) is 5.27. The van der Waals surface area contributed by atoms with E-state index in [0.717, 1.165) is 0 Å². The average molecular weight is 291 g/mol. The number of carbonyl (C=O) groups excluding carboxylic acids is 2. The Hall–Kier alpha value is -2.24. The summed E-state index contributed by atoms with van der Waals surface area (Å²) in [5, 5.41) is 0. The first-order valence-electron chi connectivity index (χ1n) is 6.80. The van der Waals surface area contributed by atoms with Crippen molar-refractivity contribution in [3.63, 3.8) is 0 Å². The van der Waals surface area contributed by atoms with Crippen molar-refractivity contribution in [2.75, 3.05) is 33.0 Å². The number of anilines is 1. The molecular weight excluding hydrogens is 270 g/mol. The monoisotopic (exact) mass is 291 g/mol. The van der Waals surface area contributed by atoms with Crippen LogP contribution in [0.2, 0.25) is 0 Å². The van der Waals surface area contributed by atoms with Gasteiger partial charge in [0.1, 0.15) is 11.3 Å². The number of ether oxygens (including phenoxy) is 1. The highest BCUT2D eigenvalue weighted by molar-refractivity contribution is 6.00. The Morgan fingerprint density at radius 1 is 1.33 bits per heavy atom. The number of methoxy groups -OCH3 is 1. The summed E-state index contributed by atoms with van der Waals surface area (Å²) in [5.74, 6) is 0.198. The Kier molecular flexibility index (Phi) is 3.80. The number of likely N-dealkylation sites (N-methyl/N-ethyl adjacent to an activating group) is 1. The second-order valence-electron chi connectivity index (χ2n) is 5.70. The topological polar surface area (TPSA) is 75.9 Å². The van der Waals surface area contributed by atoms with Crippen LogP contribution < -0.4 is 10.5 Å². The molecule has 1 saturated heterocycles. The lowest BCUT2D eigenvalue weighted by Gasteiger charge is -2.44. The summed E-state index contributed by atoms with van der Waals surface area (Å²) in [4.78, 5) is 28.2. The fourth-order valence-electron chi connectivity index (χ4n) is 2.57. The first-order valence-corrected chi connectivity index (χ1v) is 6.80. The highest BCUT2D eigenvalue weighted by atomic mass is 16.5. The number of nitrogens with two attached hydrogens (primary N) is 1. The Balaban J connectivity index is 2.33. The first kappa shape index (κ1) is 15.2. The summed E-state index contributed by atoms with van der Waals surface area (Å²) >= 11 is 0. The summed E-state index contributed by atoms with van der Waals surface area (Å²) in [6, 6.07) is 4.90. The number of benzene rings is 1. The van der Waals surface area contributed by atoms with Crippen LogP contribution in [0.25, 0.3) is 0 Å². The van der Waals surface area contributed by atoms with E-state index >= 15 is 0 Å². The minimum absolute atomic E-state index is 0.0653. The Morgan fingerprint density at radius 3 is 2.62 bits per heavy atom. The summed E-state index contributed by atoms with van der Waals surface area (Å²) in [6.45, 7) is 4.55. The molecule has 1 aliphatic heterocycles. The van der Waals surface area contributed by atoms with Crippen LogP contribution in [0.5, 0.6) is 5.75 Å². The first-order chi connectivity index (χ1) is 9.78. The zero-order chi connectivity index (χ0) is 15.8. The van der Waals surface area contributed by atoms with Gasteiger partial charge in [-0.2, -0.15) is 0 Å². The van der Waals surface area contributed by atoms with Gasteiger partial charge in [-0.1, -0.05) is 0 Å². The third-order valence-electron chi connectivity index (χ3n) is 3.93. The third kappa shape index (κ3) is 2.53. The van der Waals surface area contributed by atoms with Crippen LogP contribution in [0.15, 0.2) is 18.2 Å². The lowest BCUT2D eigenvalue weighted by Crippen LogP contribution is -2.63. The number of nitrogens with zero attached hydrogens (tertiary/aromatic N) is 2. The molecule has 1 fully saturated rings. The molecule has 1 aliphatic rings. The Labute approximate surface area is 124 Å². The van der Waals surface area contributed by atoms with Gasteiger partial charge in [-0.3, -0.25) is 9.59 Å². The van der Waals surface area contributed by atoms with Gasteiger partial charge in [0.15, 0.2) is 0 Å². The van der Waals surface area contributed by atoms with Gasteiger partial charge >= 0.3 is 0 Å². The van der Waals surface area contributed by atoms with Crippen molar-refractivity contribution in [3.8, 4) is 5.75 Å². The highest BCUT2D eigenvalue weighted by Crippen LogP contribution is 2.27. The van der Waals surface area contributed by atoms with E-state index in [4.69, 9.17) is 10.5 Å². The zero-order valence-corrected chi connectivity index (χ0v) is 12.8. The molecule has 0 aromatic heterocycles. The van der Waals surface area contributed by atoms with Crippen molar-refractivity contribution >= 4 is 17.5 Å². The molecule has 6 heteroatoms. The molecule has 114 valence electrons. The fraction of sp³-hybridized carbons (Fsp3) is 0.467. The number of nitrogen functional groups attached to an aromatic ring is 1. The molecule has 1 aromatic rings.